The Morgan fingerprint density at radius 3 is 2.06 bits per heavy atom. The third kappa shape index (κ3) is 10.1. The van der Waals surface area contributed by atoms with Crippen LogP contribution in [0.5, 0.6) is 11.5 Å². The van der Waals surface area contributed by atoms with Gasteiger partial charge in [-0.25, -0.2) is 15.0 Å². The second kappa shape index (κ2) is 20.9. The molecule has 4 aromatic carbocycles. The molecule has 1 fully saturated rings. The van der Waals surface area contributed by atoms with Crippen LogP contribution >= 0.6 is 8.30 Å². The van der Waals surface area contributed by atoms with Crippen LogP contribution in [0.1, 0.15) is 73.8 Å². The molecule has 326 valence electrons. The lowest BCUT2D eigenvalue weighted by molar-refractivity contribution is -0.0900. The summed E-state index contributed by atoms with van der Waals surface area (Å²) in [5.74, 6) is 1.44. The number of nitrogens with one attached hydrogen (secondary N) is 1. The van der Waals surface area contributed by atoms with Crippen LogP contribution in [0.2, 0.25) is 0 Å². The third-order valence-electron chi connectivity index (χ3n) is 11.0. The number of hydrogen-bond donors (Lipinski definition) is 1. The summed E-state index contributed by atoms with van der Waals surface area (Å²) in [6, 6.07) is 37.6. The zero-order valence-corrected chi connectivity index (χ0v) is 37.4. The molecule has 0 saturated carbocycles. The SMILES string of the molecule is COc1ccc(C(OC[C@H]2O[C@@H](n3cnc4c(NC(=O)c5ccccc5)ncnc43)C[C@@H]2OP(C/C=C\CC#N)N(C(C)C)C(C)C)(c2ccccc2)c2ccc(OC)cc2)cc1. The van der Waals surface area contributed by atoms with Gasteiger partial charge in [-0.15, -0.1) is 0 Å². The molecule has 0 bridgehead atoms. The van der Waals surface area contributed by atoms with E-state index in [0.29, 0.717) is 41.5 Å². The summed E-state index contributed by atoms with van der Waals surface area (Å²) in [6.45, 7) is 8.83. The van der Waals surface area contributed by atoms with E-state index in [9.17, 15) is 10.1 Å². The summed E-state index contributed by atoms with van der Waals surface area (Å²) in [5, 5.41) is 12.2. The van der Waals surface area contributed by atoms with Gasteiger partial charge in [0.2, 0.25) is 0 Å². The number of hydrogen-bond acceptors (Lipinski definition) is 11. The van der Waals surface area contributed by atoms with E-state index < -0.39 is 32.3 Å². The fourth-order valence-electron chi connectivity index (χ4n) is 8.10. The molecule has 1 N–H and O–H groups in total. The van der Waals surface area contributed by atoms with Crippen molar-refractivity contribution in [3.8, 4) is 17.6 Å². The molecule has 1 amide bonds. The van der Waals surface area contributed by atoms with Gasteiger partial charge < -0.3 is 28.8 Å². The molecule has 2 aromatic heterocycles. The standard InChI is InChI=1S/C49H54N7O6P/c1-34(2)56(35(3)4)63(29-15-9-14-28-50)62-42-30-44(55-33-53-45-46(51-32-52-47(45)55)54-48(57)36-16-10-7-11-17-36)61-43(42)31-60-49(37-18-12-8-13-19-37,38-20-24-40(58-5)25-21-38)39-22-26-41(59-6)27-23-39/h7-13,15-27,32-35,42-44H,14,29-31H2,1-6H3,(H,51,52,54,57)/b15-9-/t42-,43+,44+,63?/m0/s1. The largest absolute Gasteiger partial charge is 0.497 e. The predicted molar refractivity (Wildman–Crippen MR) is 245 cm³/mol. The third-order valence-corrected chi connectivity index (χ3v) is 13.4. The van der Waals surface area contributed by atoms with E-state index in [2.05, 4.69) is 65.9 Å². The molecule has 14 heteroatoms. The maximum absolute atomic E-state index is 13.2. The Bertz CT molecular complexity index is 2420. The maximum atomic E-state index is 13.2. The van der Waals surface area contributed by atoms with Crippen LogP contribution in [-0.2, 0) is 19.6 Å². The molecule has 63 heavy (non-hydrogen) atoms. The van der Waals surface area contributed by atoms with E-state index >= 15 is 0 Å². The number of fused-ring (bicyclic) bond motifs is 1. The number of rotatable bonds is 19. The monoisotopic (exact) mass is 867 g/mol. The van der Waals surface area contributed by atoms with E-state index in [4.69, 9.17) is 28.5 Å². The fourth-order valence-corrected chi connectivity index (χ4v) is 10.4. The Labute approximate surface area is 370 Å². The van der Waals surface area contributed by atoms with Gasteiger partial charge >= 0.3 is 0 Å². The Hall–Kier alpha value is -6.00. The van der Waals surface area contributed by atoms with Crippen molar-refractivity contribution < 1.29 is 28.3 Å². The Morgan fingerprint density at radius 2 is 1.48 bits per heavy atom. The molecule has 0 radical (unpaired) electrons. The van der Waals surface area contributed by atoms with Crippen LogP contribution in [-0.4, -0.2) is 81.4 Å². The van der Waals surface area contributed by atoms with E-state index in [-0.39, 0.29) is 24.6 Å². The van der Waals surface area contributed by atoms with Crippen molar-refractivity contribution in [2.24, 2.45) is 0 Å². The number of methoxy groups -OCH3 is 2. The van der Waals surface area contributed by atoms with Gasteiger partial charge in [0.1, 0.15) is 44.1 Å². The lowest BCUT2D eigenvalue weighted by Crippen LogP contribution is -2.39. The van der Waals surface area contributed by atoms with Crippen molar-refractivity contribution in [2.75, 3.05) is 32.3 Å². The average molecular weight is 868 g/mol. The maximum Gasteiger partial charge on any atom is 0.256 e. The number of aromatic nitrogens is 4. The van der Waals surface area contributed by atoms with Gasteiger partial charge in [-0.3, -0.25) is 14.0 Å². The summed E-state index contributed by atoms with van der Waals surface area (Å²) in [7, 11) is 2.09. The number of nitrogens with zero attached hydrogens (tertiary/aromatic N) is 6. The quantitative estimate of drug-likeness (QED) is 0.0472. The van der Waals surface area contributed by atoms with Crippen LogP contribution in [0.25, 0.3) is 11.2 Å². The highest BCUT2D eigenvalue weighted by Gasteiger charge is 2.45. The minimum atomic E-state index is -1.21. The summed E-state index contributed by atoms with van der Waals surface area (Å²) in [6.07, 6.45) is 6.85. The second-order valence-corrected chi connectivity index (χ2v) is 17.4. The lowest BCUT2D eigenvalue weighted by Gasteiger charge is -2.39. The van der Waals surface area contributed by atoms with E-state index in [1.807, 2.05) is 102 Å². The molecular weight excluding hydrogens is 814 g/mol. The minimum absolute atomic E-state index is 0.130. The van der Waals surface area contributed by atoms with Crippen molar-refractivity contribution in [3.63, 3.8) is 0 Å². The molecule has 7 rings (SSSR count). The first-order valence-electron chi connectivity index (χ1n) is 21.1. The van der Waals surface area contributed by atoms with Crippen molar-refractivity contribution in [1.29, 1.82) is 5.26 Å². The molecule has 0 aliphatic carbocycles. The van der Waals surface area contributed by atoms with Gasteiger partial charge in [0.15, 0.2) is 17.0 Å². The highest BCUT2D eigenvalue weighted by Crippen LogP contribution is 2.50. The number of ether oxygens (including phenoxy) is 4. The molecule has 1 aliphatic heterocycles. The molecular formula is C49H54N7O6P. The van der Waals surface area contributed by atoms with Crippen molar-refractivity contribution >= 4 is 31.2 Å². The summed E-state index contributed by atoms with van der Waals surface area (Å²) in [4.78, 5) is 26.9. The average Bonchev–Trinajstić information content (AvgIpc) is 3.93. The van der Waals surface area contributed by atoms with E-state index in [0.717, 1.165) is 28.2 Å². The molecule has 0 spiro atoms. The van der Waals surface area contributed by atoms with Gasteiger partial charge in [0.05, 0.1) is 45.7 Å². The van der Waals surface area contributed by atoms with Crippen LogP contribution < -0.4 is 14.8 Å². The number of allylic oxidation sites excluding steroid dienone is 2. The van der Waals surface area contributed by atoms with Gasteiger partial charge in [-0.2, -0.15) is 5.26 Å². The second-order valence-electron chi connectivity index (χ2n) is 15.6. The summed E-state index contributed by atoms with van der Waals surface area (Å²) in [5.41, 5.74) is 3.04. The van der Waals surface area contributed by atoms with Gasteiger partial charge in [-0.1, -0.05) is 84.9 Å². The fraction of sp³-hybridized carbons (Fsp3) is 0.327. The van der Waals surface area contributed by atoms with Crippen molar-refractivity contribution in [3.05, 3.63) is 156 Å². The molecule has 1 saturated heterocycles. The van der Waals surface area contributed by atoms with Gasteiger partial charge in [0.25, 0.3) is 5.91 Å². The number of amides is 1. The predicted octanol–water partition coefficient (Wildman–Crippen LogP) is 9.68. The summed E-state index contributed by atoms with van der Waals surface area (Å²) >= 11 is 0. The molecule has 4 atom stereocenters. The number of carbonyl (C=O) groups excluding carboxylic acids is 1. The number of benzene rings is 4. The first kappa shape index (κ1) is 45.0. The van der Waals surface area contributed by atoms with E-state index in [1.165, 1.54) is 6.33 Å². The Morgan fingerprint density at radius 1 is 0.873 bits per heavy atom. The summed E-state index contributed by atoms with van der Waals surface area (Å²) < 4.78 is 37.2. The zero-order chi connectivity index (χ0) is 44.3. The van der Waals surface area contributed by atoms with Gasteiger partial charge in [0, 0.05) is 30.2 Å². The number of carbonyl (C=O) groups is 1. The van der Waals surface area contributed by atoms with Crippen LogP contribution in [0, 0.1) is 11.3 Å². The highest BCUT2D eigenvalue weighted by molar-refractivity contribution is 7.50. The number of anilines is 1. The zero-order valence-electron chi connectivity index (χ0n) is 36.5. The molecule has 13 nitrogen and oxygen atoms in total. The van der Waals surface area contributed by atoms with Crippen LogP contribution in [0.15, 0.2) is 134 Å². The molecule has 3 heterocycles. The number of nitriles is 1. The first-order valence-corrected chi connectivity index (χ1v) is 22.5. The van der Waals surface area contributed by atoms with Crippen LogP contribution in [0.4, 0.5) is 5.82 Å². The highest BCUT2D eigenvalue weighted by atomic mass is 31.2. The lowest BCUT2D eigenvalue weighted by atomic mass is 9.80. The smallest absolute Gasteiger partial charge is 0.256 e. The Balaban J connectivity index is 1.29. The number of imidazole rings is 1. The molecule has 6 aromatic rings. The van der Waals surface area contributed by atoms with Crippen molar-refractivity contribution in [1.82, 2.24) is 24.2 Å². The topological polar surface area (TPSA) is 146 Å². The molecule has 1 unspecified atom stereocenters. The van der Waals surface area contributed by atoms with Crippen LogP contribution in [0.3, 0.4) is 0 Å². The normalized spacial score (nSPS) is 17.1. The minimum Gasteiger partial charge on any atom is -0.497 e. The van der Waals surface area contributed by atoms with E-state index in [1.54, 1.807) is 32.7 Å². The van der Waals surface area contributed by atoms with Gasteiger partial charge in [-0.05, 0) is 80.8 Å². The Kier molecular flexibility index (Phi) is 15.0. The first-order chi connectivity index (χ1) is 30.7. The van der Waals surface area contributed by atoms with Crippen molar-refractivity contribution in [2.45, 2.75) is 76.7 Å². The molecule has 1 aliphatic rings.